The van der Waals surface area contributed by atoms with Gasteiger partial charge >= 0.3 is 6.09 Å². The Morgan fingerprint density at radius 1 is 1.19 bits per heavy atom. The van der Waals surface area contributed by atoms with Crippen molar-refractivity contribution in [3.8, 4) is 11.5 Å². The third-order valence-corrected chi connectivity index (χ3v) is 11.0. The molecule has 0 aromatic heterocycles. The number of carbonyl (C=O) groups excluding carboxylic acids is 1. The average molecular weight is 500 g/mol. The maximum Gasteiger partial charge on any atom is 0.410 e. The first-order valence-electron chi connectivity index (χ1n) is 13.5. The fourth-order valence-corrected chi connectivity index (χ4v) is 9.30. The molecule has 1 saturated heterocycles. The molecule has 7 heteroatoms. The third-order valence-electron chi connectivity index (χ3n) is 11.0. The summed E-state index contributed by atoms with van der Waals surface area (Å²) in [7, 11) is 5.39. The van der Waals surface area contributed by atoms with E-state index in [-0.39, 0.29) is 40.9 Å². The maximum atomic E-state index is 13.2. The summed E-state index contributed by atoms with van der Waals surface area (Å²) < 4.78 is 31.4. The van der Waals surface area contributed by atoms with Gasteiger partial charge in [0.2, 0.25) is 0 Å². The number of nitrogens with zero attached hydrogens (tertiary/aromatic N) is 1. The molecule has 4 aliphatic carbocycles. The van der Waals surface area contributed by atoms with Crippen molar-refractivity contribution in [1.29, 1.82) is 0 Å². The van der Waals surface area contributed by atoms with Crippen LogP contribution in [0.5, 0.6) is 11.5 Å². The van der Waals surface area contributed by atoms with E-state index in [4.69, 9.17) is 23.7 Å². The number of rotatable bonds is 5. The number of hydrogen-bond donors (Lipinski definition) is 0. The zero-order valence-corrected chi connectivity index (χ0v) is 23.0. The van der Waals surface area contributed by atoms with Crippen LogP contribution in [0.3, 0.4) is 0 Å². The molecule has 0 N–H and O–H groups in total. The van der Waals surface area contributed by atoms with Crippen LogP contribution in [0.2, 0.25) is 0 Å². The van der Waals surface area contributed by atoms with E-state index in [2.05, 4.69) is 33.8 Å². The molecule has 8 atom stereocenters. The summed E-state index contributed by atoms with van der Waals surface area (Å²) in [6.45, 7) is 11.9. The Labute approximate surface area is 214 Å². The maximum absolute atomic E-state index is 13.2. The Balaban J connectivity index is 1.58. The summed E-state index contributed by atoms with van der Waals surface area (Å²) in [4.78, 5) is 15.2. The smallest absolute Gasteiger partial charge is 0.410 e. The van der Waals surface area contributed by atoms with Gasteiger partial charge in [0.25, 0.3) is 0 Å². The first-order chi connectivity index (χ1) is 17.1. The fraction of sp³-hybridized carbons (Fsp3) is 0.759. The van der Waals surface area contributed by atoms with Crippen molar-refractivity contribution in [3.63, 3.8) is 0 Å². The lowest BCUT2D eigenvalue weighted by molar-refractivity contribution is -0.345. The van der Waals surface area contributed by atoms with Gasteiger partial charge in [0, 0.05) is 43.7 Å². The van der Waals surface area contributed by atoms with E-state index in [0.29, 0.717) is 19.1 Å². The van der Waals surface area contributed by atoms with Crippen molar-refractivity contribution in [1.82, 2.24) is 4.90 Å². The summed E-state index contributed by atoms with van der Waals surface area (Å²) in [5, 5.41) is 0. The van der Waals surface area contributed by atoms with Crippen LogP contribution >= 0.6 is 0 Å². The molecular formula is C29H41NO6. The lowest BCUT2D eigenvalue weighted by Gasteiger charge is -2.76. The molecule has 6 aliphatic rings. The monoisotopic (exact) mass is 499 g/mol. The first kappa shape index (κ1) is 24.4. The van der Waals surface area contributed by atoms with Gasteiger partial charge in [-0.3, -0.25) is 0 Å². The third kappa shape index (κ3) is 2.54. The van der Waals surface area contributed by atoms with E-state index >= 15 is 0 Å². The highest BCUT2D eigenvalue weighted by Crippen LogP contribution is 2.76. The number of hydrogen-bond acceptors (Lipinski definition) is 6. The molecule has 198 valence electrons. The van der Waals surface area contributed by atoms with Gasteiger partial charge in [-0.2, -0.15) is 0 Å². The van der Waals surface area contributed by atoms with E-state index in [9.17, 15) is 4.79 Å². The summed E-state index contributed by atoms with van der Waals surface area (Å²) >= 11 is 0. The van der Waals surface area contributed by atoms with Crippen LogP contribution in [0, 0.1) is 23.2 Å². The van der Waals surface area contributed by atoms with Gasteiger partial charge in [-0.1, -0.05) is 26.8 Å². The van der Waals surface area contributed by atoms with Gasteiger partial charge in [-0.25, -0.2) is 4.79 Å². The lowest BCUT2D eigenvalue weighted by Crippen LogP contribution is -2.85. The molecule has 1 spiro atoms. The number of piperidine rings is 1. The van der Waals surface area contributed by atoms with Gasteiger partial charge in [0.05, 0.1) is 19.3 Å². The standard InChI is InChI=1S/C29H41NO6/c1-9-35-25(31)30-13-12-28-20-16-10-11-19(32-6)22(20)36-24(28)29(34-8)15-17(21(28)18(30)14-16)23(29)27(5,33-7)26(2,3)4/h10-11,17-18,21,23-24H,9,12-15H2,1-8H3/t17-,18+,21?,23?,24?,27+,28+,29+/m0/s1. The number of methoxy groups -OCH3 is 3. The van der Waals surface area contributed by atoms with E-state index in [0.717, 1.165) is 30.8 Å². The fourth-order valence-electron chi connectivity index (χ4n) is 9.30. The van der Waals surface area contributed by atoms with Gasteiger partial charge in [-0.05, 0) is 62.0 Å². The molecule has 3 unspecified atom stereocenters. The van der Waals surface area contributed by atoms with Crippen molar-refractivity contribution >= 4 is 6.09 Å². The van der Waals surface area contributed by atoms with Crippen molar-refractivity contribution in [2.75, 3.05) is 34.5 Å². The van der Waals surface area contributed by atoms with Crippen LogP contribution in [-0.2, 0) is 26.0 Å². The van der Waals surface area contributed by atoms with Gasteiger partial charge in [-0.15, -0.1) is 0 Å². The molecule has 7 rings (SSSR count). The number of carbonyl (C=O) groups is 1. The Morgan fingerprint density at radius 3 is 2.56 bits per heavy atom. The lowest BCUT2D eigenvalue weighted by atomic mass is 9.33. The molecule has 7 nitrogen and oxygen atoms in total. The van der Waals surface area contributed by atoms with Gasteiger partial charge in [0.15, 0.2) is 11.5 Å². The molecule has 3 saturated carbocycles. The van der Waals surface area contributed by atoms with Crippen molar-refractivity contribution in [3.05, 3.63) is 23.3 Å². The number of benzene rings is 1. The molecule has 2 aliphatic heterocycles. The summed E-state index contributed by atoms with van der Waals surface area (Å²) in [5.74, 6) is 2.36. The van der Waals surface area contributed by atoms with E-state index in [1.807, 2.05) is 32.1 Å². The molecule has 4 fully saturated rings. The topological polar surface area (TPSA) is 66.5 Å². The van der Waals surface area contributed by atoms with Crippen LogP contribution in [0.15, 0.2) is 12.1 Å². The zero-order valence-electron chi connectivity index (χ0n) is 23.0. The molecule has 0 radical (unpaired) electrons. The summed E-state index contributed by atoms with van der Waals surface area (Å²) in [6.07, 6.45) is 2.17. The predicted octanol–water partition coefficient (Wildman–Crippen LogP) is 4.58. The number of ether oxygens (including phenoxy) is 5. The Morgan fingerprint density at radius 2 is 1.94 bits per heavy atom. The molecule has 1 aromatic carbocycles. The van der Waals surface area contributed by atoms with Crippen LogP contribution in [0.4, 0.5) is 4.79 Å². The molecule has 2 heterocycles. The van der Waals surface area contributed by atoms with Crippen LogP contribution in [-0.4, -0.2) is 68.8 Å². The highest BCUT2D eigenvalue weighted by molar-refractivity contribution is 5.70. The normalized spacial score (nSPS) is 38.9. The summed E-state index contributed by atoms with van der Waals surface area (Å²) in [5.41, 5.74) is 1.30. The number of amides is 1. The molecule has 36 heavy (non-hydrogen) atoms. The predicted molar refractivity (Wildman–Crippen MR) is 135 cm³/mol. The zero-order chi connectivity index (χ0) is 25.8. The minimum absolute atomic E-state index is 0.0551. The van der Waals surface area contributed by atoms with Crippen molar-refractivity contribution in [2.45, 2.75) is 82.6 Å². The minimum Gasteiger partial charge on any atom is -0.493 e. The van der Waals surface area contributed by atoms with Crippen molar-refractivity contribution < 1.29 is 28.5 Å². The van der Waals surface area contributed by atoms with Crippen LogP contribution < -0.4 is 9.47 Å². The first-order valence-corrected chi connectivity index (χ1v) is 13.5. The van der Waals surface area contributed by atoms with Crippen LogP contribution in [0.1, 0.15) is 58.6 Å². The largest absolute Gasteiger partial charge is 0.493 e. The second kappa shape index (κ2) is 7.53. The van der Waals surface area contributed by atoms with Gasteiger partial charge in [0.1, 0.15) is 11.7 Å². The minimum atomic E-state index is -0.478. The Bertz CT molecular complexity index is 1100. The summed E-state index contributed by atoms with van der Waals surface area (Å²) in [6, 6.07) is 4.25. The average Bonchev–Trinajstić information content (AvgIpc) is 3.17. The highest BCUT2D eigenvalue weighted by Gasteiger charge is 2.83. The number of likely N-dealkylation sites (tertiary alicyclic amines) is 1. The van der Waals surface area contributed by atoms with E-state index in [1.54, 1.807) is 7.11 Å². The second-order valence-electron chi connectivity index (χ2n) is 12.7. The van der Waals surface area contributed by atoms with E-state index < -0.39 is 11.2 Å². The van der Waals surface area contributed by atoms with E-state index in [1.165, 1.54) is 11.1 Å². The molecule has 1 aromatic rings. The Hall–Kier alpha value is -1.99. The molecule has 4 bridgehead atoms. The quantitative estimate of drug-likeness (QED) is 0.591. The highest BCUT2D eigenvalue weighted by atomic mass is 16.6. The van der Waals surface area contributed by atoms with Crippen molar-refractivity contribution in [2.24, 2.45) is 23.2 Å². The SMILES string of the molecule is CCOC(=O)N1CC[C@]23c4c5ccc(OC)c4OC2[C@@]2(OC)C[C@@H](C3[C@H]1C5)C2[C@@](C)(OC)C(C)(C)C. The Kier molecular flexibility index (Phi) is 5.10. The molecule has 1 amide bonds. The molecular weight excluding hydrogens is 458 g/mol. The van der Waals surface area contributed by atoms with Crippen LogP contribution in [0.25, 0.3) is 0 Å². The van der Waals surface area contributed by atoms with Gasteiger partial charge < -0.3 is 28.6 Å². The second-order valence-corrected chi connectivity index (χ2v) is 12.7.